The molecule has 0 saturated carbocycles. The summed E-state index contributed by atoms with van der Waals surface area (Å²) in [5, 5.41) is 7.62. The average Bonchev–Trinajstić information content (AvgIpc) is 2.76. The maximum Gasteiger partial charge on any atom is 0.201 e. The lowest BCUT2D eigenvalue weighted by molar-refractivity contribution is 0.415. The topological polar surface area (TPSA) is 74.1 Å². The van der Waals surface area contributed by atoms with Crippen LogP contribution in [0.5, 0.6) is 5.75 Å². The van der Waals surface area contributed by atoms with E-state index in [4.69, 9.17) is 16.3 Å². The molecular weight excluding hydrogens is 290 g/mol. The van der Waals surface area contributed by atoms with Crippen LogP contribution in [0.4, 0.5) is 0 Å². The number of aryl methyl sites for hydroxylation is 1. The van der Waals surface area contributed by atoms with Crippen LogP contribution in [0, 0.1) is 0 Å². The first-order chi connectivity index (χ1) is 8.94. The van der Waals surface area contributed by atoms with Gasteiger partial charge >= 0.3 is 0 Å². The summed E-state index contributed by atoms with van der Waals surface area (Å²) in [5.74, 6) is 0.336. The minimum atomic E-state index is -3.50. The van der Waals surface area contributed by atoms with E-state index in [0.717, 1.165) is 0 Å². The minimum Gasteiger partial charge on any atom is -0.495 e. The molecule has 0 fully saturated rings. The van der Waals surface area contributed by atoms with Crippen molar-refractivity contribution in [2.24, 2.45) is 7.05 Å². The van der Waals surface area contributed by atoms with Crippen molar-refractivity contribution < 1.29 is 13.2 Å². The van der Waals surface area contributed by atoms with Crippen molar-refractivity contribution >= 4 is 21.4 Å². The zero-order valence-corrected chi connectivity index (χ0v) is 11.9. The molecule has 0 unspecified atom stereocenters. The highest BCUT2D eigenvalue weighted by atomic mass is 35.5. The van der Waals surface area contributed by atoms with Crippen LogP contribution in [0.3, 0.4) is 0 Å². The molecule has 1 aromatic carbocycles. The predicted molar refractivity (Wildman–Crippen MR) is 69.9 cm³/mol. The fourth-order valence-corrected chi connectivity index (χ4v) is 3.35. The van der Waals surface area contributed by atoms with E-state index in [0.29, 0.717) is 16.3 Å². The Morgan fingerprint density at radius 1 is 1.42 bits per heavy atom. The van der Waals surface area contributed by atoms with Gasteiger partial charge in [-0.3, -0.25) is 0 Å². The van der Waals surface area contributed by atoms with E-state index >= 15 is 0 Å². The van der Waals surface area contributed by atoms with Gasteiger partial charge in [-0.15, -0.1) is 5.10 Å². The second-order valence-corrected chi connectivity index (χ2v) is 6.27. The first-order valence-corrected chi connectivity index (χ1v) is 7.37. The number of benzene rings is 1. The highest BCUT2D eigenvalue weighted by molar-refractivity contribution is 7.90. The van der Waals surface area contributed by atoms with Crippen molar-refractivity contribution in [2.75, 3.05) is 7.11 Å². The molecule has 0 N–H and O–H groups in total. The molecule has 8 heteroatoms. The summed E-state index contributed by atoms with van der Waals surface area (Å²) in [6.45, 7) is 0. The highest BCUT2D eigenvalue weighted by Gasteiger charge is 2.20. The van der Waals surface area contributed by atoms with Gasteiger partial charge in [0.1, 0.15) is 5.75 Å². The molecule has 19 heavy (non-hydrogen) atoms. The molecule has 1 aromatic heterocycles. The quantitative estimate of drug-likeness (QED) is 0.854. The van der Waals surface area contributed by atoms with E-state index in [1.165, 1.54) is 25.0 Å². The summed E-state index contributed by atoms with van der Waals surface area (Å²) in [5.41, 5.74) is 0.576. The summed E-state index contributed by atoms with van der Waals surface area (Å²) >= 11 is 5.96. The molecule has 0 amide bonds. The third-order valence-electron chi connectivity index (χ3n) is 2.56. The Labute approximate surface area is 115 Å². The van der Waals surface area contributed by atoms with Crippen LogP contribution in [0.2, 0.25) is 5.02 Å². The molecule has 0 bridgehead atoms. The Hall–Kier alpha value is -1.60. The molecule has 0 aliphatic carbocycles. The monoisotopic (exact) mass is 301 g/mol. The lowest BCUT2D eigenvalue weighted by atomic mass is 10.2. The molecule has 0 aliphatic heterocycles. The number of ether oxygens (including phenoxy) is 1. The van der Waals surface area contributed by atoms with Crippen LogP contribution in [0.25, 0.3) is 0 Å². The van der Waals surface area contributed by atoms with Gasteiger partial charge in [-0.1, -0.05) is 22.9 Å². The maximum absolute atomic E-state index is 12.2. The zero-order valence-electron chi connectivity index (χ0n) is 10.4. The lowest BCUT2D eigenvalue weighted by Gasteiger charge is -2.07. The lowest BCUT2D eigenvalue weighted by Crippen LogP contribution is -2.10. The largest absolute Gasteiger partial charge is 0.495 e. The summed E-state index contributed by atoms with van der Waals surface area (Å²) in [6, 6.07) is 4.86. The van der Waals surface area contributed by atoms with Crippen LogP contribution >= 0.6 is 11.6 Å². The van der Waals surface area contributed by atoms with Crippen molar-refractivity contribution in [3.63, 3.8) is 0 Å². The van der Waals surface area contributed by atoms with Gasteiger partial charge in [-0.2, -0.15) is 0 Å². The molecule has 0 radical (unpaired) electrons. The minimum absolute atomic E-state index is 0.0689. The number of methoxy groups -OCH3 is 1. The Morgan fingerprint density at radius 2 is 2.16 bits per heavy atom. The van der Waals surface area contributed by atoms with Gasteiger partial charge in [0.05, 0.1) is 24.1 Å². The van der Waals surface area contributed by atoms with Crippen LogP contribution in [0.15, 0.2) is 29.4 Å². The smallest absolute Gasteiger partial charge is 0.201 e. The first-order valence-electron chi connectivity index (χ1n) is 5.34. The van der Waals surface area contributed by atoms with Gasteiger partial charge in [0.15, 0.2) is 5.03 Å². The van der Waals surface area contributed by atoms with E-state index in [2.05, 4.69) is 10.3 Å². The first kappa shape index (κ1) is 13.8. The molecule has 0 spiro atoms. The fraction of sp³-hybridized carbons (Fsp3) is 0.273. The van der Waals surface area contributed by atoms with Crippen molar-refractivity contribution in [1.82, 2.24) is 15.0 Å². The second kappa shape index (κ2) is 5.18. The standard InChI is InChI=1S/C11H12ClN3O3S/c1-15-11(6-13-14-15)19(16,17)7-8-3-4-10(18-2)9(12)5-8/h3-6H,7H2,1-2H3. The SMILES string of the molecule is COc1ccc(CS(=O)(=O)c2cnnn2C)cc1Cl. The maximum atomic E-state index is 12.2. The van der Waals surface area contributed by atoms with Gasteiger partial charge in [0.2, 0.25) is 9.84 Å². The van der Waals surface area contributed by atoms with E-state index in [1.54, 1.807) is 18.2 Å². The van der Waals surface area contributed by atoms with Gasteiger partial charge in [-0.05, 0) is 17.7 Å². The van der Waals surface area contributed by atoms with Crippen LogP contribution in [0.1, 0.15) is 5.56 Å². The molecule has 1 heterocycles. The predicted octanol–water partition coefficient (Wildman–Crippen LogP) is 1.45. The van der Waals surface area contributed by atoms with Gasteiger partial charge in [-0.25, -0.2) is 13.1 Å². The second-order valence-electron chi connectivity index (χ2n) is 3.92. The van der Waals surface area contributed by atoms with Crippen molar-refractivity contribution in [3.05, 3.63) is 35.0 Å². The van der Waals surface area contributed by atoms with Crippen LogP contribution in [-0.4, -0.2) is 30.5 Å². The number of nitrogens with zero attached hydrogens (tertiary/aromatic N) is 3. The number of sulfone groups is 1. The Morgan fingerprint density at radius 3 is 2.68 bits per heavy atom. The summed E-state index contributed by atoms with van der Waals surface area (Å²) in [7, 11) is -0.471. The Kier molecular flexibility index (Phi) is 3.77. The van der Waals surface area contributed by atoms with Crippen LogP contribution in [-0.2, 0) is 22.6 Å². The molecule has 6 nitrogen and oxygen atoms in total. The van der Waals surface area contributed by atoms with Crippen LogP contribution < -0.4 is 4.74 Å². The van der Waals surface area contributed by atoms with Gasteiger partial charge in [0, 0.05) is 7.05 Å². The number of rotatable bonds is 4. The van der Waals surface area contributed by atoms with Gasteiger partial charge in [0.25, 0.3) is 0 Å². The average molecular weight is 302 g/mol. The Balaban J connectivity index is 2.31. The molecule has 2 rings (SSSR count). The van der Waals surface area contributed by atoms with Crippen molar-refractivity contribution in [2.45, 2.75) is 10.8 Å². The molecular formula is C11H12ClN3O3S. The number of halogens is 1. The molecule has 0 atom stereocenters. The number of hydrogen-bond acceptors (Lipinski definition) is 5. The molecule has 0 aliphatic rings. The summed E-state index contributed by atoms with van der Waals surface area (Å²) in [4.78, 5) is 0. The van der Waals surface area contributed by atoms with E-state index in [1.807, 2.05) is 0 Å². The molecule has 102 valence electrons. The molecule has 0 saturated heterocycles. The third-order valence-corrected chi connectivity index (χ3v) is 4.58. The number of aromatic nitrogens is 3. The summed E-state index contributed by atoms with van der Waals surface area (Å²) < 4.78 is 30.6. The van der Waals surface area contributed by atoms with E-state index in [-0.39, 0.29) is 10.8 Å². The van der Waals surface area contributed by atoms with E-state index < -0.39 is 9.84 Å². The Bertz CT molecular complexity index is 697. The van der Waals surface area contributed by atoms with Gasteiger partial charge < -0.3 is 4.74 Å². The zero-order chi connectivity index (χ0) is 14.0. The number of hydrogen-bond donors (Lipinski definition) is 0. The normalized spacial score (nSPS) is 11.5. The van der Waals surface area contributed by atoms with Crippen molar-refractivity contribution in [1.29, 1.82) is 0 Å². The summed E-state index contributed by atoms with van der Waals surface area (Å²) in [6.07, 6.45) is 1.22. The highest BCUT2D eigenvalue weighted by Crippen LogP contribution is 2.26. The molecule has 2 aromatic rings. The third kappa shape index (κ3) is 2.87. The van der Waals surface area contributed by atoms with Crippen molar-refractivity contribution in [3.8, 4) is 5.75 Å². The fourth-order valence-electron chi connectivity index (χ4n) is 1.65. The van der Waals surface area contributed by atoms with E-state index in [9.17, 15) is 8.42 Å².